The number of nitro groups is 1. The van der Waals surface area contributed by atoms with E-state index in [1.54, 1.807) is 13.1 Å². The fraction of sp³-hybridized carbons (Fsp3) is 0.500. The van der Waals surface area contributed by atoms with Crippen molar-refractivity contribution < 1.29 is 9.66 Å². The summed E-state index contributed by atoms with van der Waals surface area (Å²) < 4.78 is 5.65. The normalized spacial score (nSPS) is 10.9. The molecule has 0 aliphatic carbocycles. The van der Waals surface area contributed by atoms with Crippen LogP contribution in [0.5, 0.6) is 5.75 Å². The molecule has 0 saturated heterocycles. The largest absolute Gasteiger partial charge is 0.493 e. The molecule has 20 heavy (non-hydrogen) atoms. The van der Waals surface area contributed by atoms with Gasteiger partial charge in [-0.05, 0) is 33.4 Å². The summed E-state index contributed by atoms with van der Waals surface area (Å²) in [4.78, 5) is 10.3. The third kappa shape index (κ3) is 4.52. The van der Waals surface area contributed by atoms with Gasteiger partial charge < -0.3 is 10.1 Å². The molecule has 0 spiro atoms. The summed E-state index contributed by atoms with van der Waals surface area (Å²) >= 11 is 0. The van der Waals surface area contributed by atoms with Gasteiger partial charge in [0.15, 0.2) is 0 Å². The number of hydrogen-bond donors (Lipinski definition) is 1. The van der Waals surface area contributed by atoms with Crippen LogP contribution in [0.2, 0.25) is 0 Å². The first-order valence-corrected chi connectivity index (χ1v) is 6.35. The molecule has 0 aromatic heterocycles. The number of nitrogens with zero attached hydrogens (tertiary/aromatic N) is 2. The minimum Gasteiger partial charge on any atom is -0.493 e. The second-order valence-corrected chi connectivity index (χ2v) is 5.17. The smallest absolute Gasteiger partial charge is 0.270 e. The highest BCUT2D eigenvalue weighted by Crippen LogP contribution is 2.25. The van der Waals surface area contributed by atoms with Crippen LogP contribution in [0.4, 0.5) is 5.69 Å². The predicted molar refractivity (Wildman–Crippen MR) is 75.4 cm³/mol. The summed E-state index contributed by atoms with van der Waals surface area (Å²) in [7, 11) is 1.77. The molecule has 6 heteroatoms. The molecule has 1 aromatic rings. The van der Waals surface area contributed by atoms with Gasteiger partial charge in [-0.2, -0.15) is 5.26 Å². The molecule has 0 aliphatic heterocycles. The zero-order valence-electron chi connectivity index (χ0n) is 12.0. The standard InChI is InChI=1S/C14H19N3O3/c1-14(2,10-15)6-7-20-13-5-4-12(17(18)19)8-11(13)9-16-3/h4-5,8,16H,6-7,9H2,1-3H3. The third-order valence-electron chi connectivity index (χ3n) is 2.91. The van der Waals surface area contributed by atoms with Gasteiger partial charge >= 0.3 is 0 Å². The highest BCUT2D eigenvalue weighted by molar-refractivity contribution is 5.43. The van der Waals surface area contributed by atoms with E-state index in [0.717, 1.165) is 5.56 Å². The van der Waals surface area contributed by atoms with Gasteiger partial charge in [-0.15, -0.1) is 0 Å². The first-order chi connectivity index (χ1) is 9.39. The summed E-state index contributed by atoms with van der Waals surface area (Å²) in [6.45, 7) is 4.58. The molecule has 1 rings (SSSR count). The molecule has 6 nitrogen and oxygen atoms in total. The van der Waals surface area contributed by atoms with Crippen molar-refractivity contribution in [3.05, 3.63) is 33.9 Å². The van der Waals surface area contributed by atoms with Gasteiger partial charge in [0.1, 0.15) is 5.75 Å². The van der Waals surface area contributed by atoms with Gasteiger partial charge in [0.05, 0.1) is 23.0 Å². The van der Waals surface area contributed by atoms with E-state index in [-0.39, 0.29) is 5.69 Å². The molecule has 0 heterocycles. The second kappa shape index (κ2) is 6.87. The van der Waals surface area contributed by atoms with Crippen LogP contribution >= 0.6 is 0 Å². The number of rotatable bonds is 7. The molecule has 0 amide bonds. The van der Waals surface area contributed by atoms with Crippen molar-refractivity contribution in [1.82, 2.24) is 5.32 Å². The lowest BCUT2D eigenvalue weighted by Gasteiger charge is -2.16. The average molecular weight is 277 g/mol. The zero-order valence-corrected chi connectivity index (χ0v) is 12.0. The van der Waals surface area contributed by atoms with Crippen molar-refractivity contribution in [3.63, 3.8) is 0 Å². The fourth-order valence-corrected chi connectivity index (χ4v) is 1.62. The first-order valence-electron chi connectivity index (χ1n) is 6.35. The summed E-state index contributed by atoms with van der Waals surface area (Å²) in [5, 5.41) is 22.7. The van der Waals surface area contributed by atoms with Gasteiger partial charge in [-0.25, -0.2) is 0 Å². The van der Waals surface area contributed by atoms with E-state index in [1.807, 2.05) is 13.8 Å². The van der Waals surface area contributed by atoms with Gasteiger partial charge in [0.25, 0.3) is 5.69 Å². The summed E-state index contributed by atoms with van der Waals surface area (Å²) in [5.41, 5.74) is 0.334. The maximum atomic E-state index is 10.8. The van der Waals surface area contributed by atoms with Crippen molar-refractivity contribution in [2.45, 2.75) is 26.8 Å². The Morgan fingerprint density at radius 1 is 1.50 bits per heavy atom. The van der Waals surface area contributed by atoms with Crippen molar-refractivity contribution in [1.29, 1.82) is 5.26 Å². The maximum absolute atomic E-state index is 10.8. The summed E-state index contributed by atoms with van der Waals surface area (Å²) in [5.74, 6) is 0.610. The monoisotopic (exact) mass is 277 g/mol. The molecule has 1 N–H and O–H groups in total. The number of benzene rings is 1. The Morgan fingerprint density at radius 3 is 2.75 bits per heavy atom. The molecular formula is C14H19N3O3. The van der Waals surface area contributed by atoms with E-state index in [0.29, 0.717) is 25.3 Å². The van der Waals surface area contributed by atoms with Gasteiger partial charge in [-0.3, -0.25) is 10.1 Å². The number of nitro benzene ring substituents is 1. The summed E-state index contributed by atoms with van der Waals surface area (Å²) in [6, 6.07) is 6.73. The van der Waals surface area contributed by atoms with Crippen LogP contribution in [0, 0.1) is 26.9 Å². The summed E-state index contributed by atoms with van der Waals surface area (Å²) in [6.07, 6.45) is 0.597. The van der Waals surface area contributed by atoms with E-state index in [9.17, 15) is 10.1 Å². The van der Waals surface area contributed by atoms with E-state index in [2.05, 4.69) is 11.4 Å². The molecule has 1 aromatic carbocycles. The molecule has 0 aliphatic rings. The molecule has 0 unspecified atom stereocenters. The Kier molecular flexibility index (Phi) is 5.47. The number of nitriles is 1. The van der Waals surface area contributed by atoms with Crippen LogP contribution in [0.3, 0.4) is 0 Å². The lowest BCUT2D eigenvalue weighted by molar-refractivity contribution is -0.384. The van der Waals surface area contributed by atoms with Crippen LogP contribution in [-0.4, -0.2) is 18.6 Å². The number of nitrogens with one attached hydrogen (secondary N) is 1. The van der Waals surface area contributed by atoms with Crippen LogP contribution in [-0.2, 0) is 6.54 Å². The van der Waals surface area contributed by atoms with Crippen LogP contribution in [0.1, 0.15) is 25.8 Å². The minimum atomic E-state index is -0.441. The Morgan fingerprint density at radius 2 is 2.20 bits per heavy atom. The molecule has 108 valence electrons. The minimum absolute atomic E-state index is 0.0416. The average Bonchev–Trinajstić information content (AvgIpc) is 2.40. The van der Waals surface area contributed by atoms with Crippen LogP contribution in [0.25, 0.3) is 0 Å². The zero-order chi connectivity index (χ0) is 15.2. The molecule has 0 bridgehead atoms. The molecule has 0 radical (unpaired) electrons. The van der Waals surface area contributed by atoms with E-state index >= 15 is 0 Å². The fourth-order valence-electron chi connectivity index (χ4n) is 1.62. The molecule has 0 fully saturated rings. The van der Waals surface area contributed by atoms with Gasteiger partial charge in [0, 0.05) is 24.2 Å². The van der Waals surface area contributed by atoms with Crippen molar-refractivity contribution in [2.24, 2.45) is 5.41 Å². The number of hydrogen-bond acceptors (Lipinski definition) is 5. The molecule has 0 atom stereocenters. The van der Waals surface area contributed by atoms with Crippen LogP contribution < -0.4 is 10.1 Å². The Labute approximate surface area is 118 Å². The van der Waals surface area contributed by atoms with Crippen molar-refractivity contribution >= 4 is 5.69 Å². The Balaban J connectivity index is 2.79. The highest BCUT2D eigenvalue weighted by atomic mass is 16.6. The van der Waals surface area contributed by atoms with E-state index in [4.69, 9.17) is 10.00 Å². The van der Waals surface area contributed by atoms with Crippen LogP contribution in [0.15, 0.2) is 18.2 Å². The van der Waals surface area contributed by atoms with E-state index in [1.165, 1.54) is 12.1 Å². The van der Waals surface area contributed by atoms with Gasteiger partial charge in [-0.1, -0.05) is 0 Å². The Hall–Kier alpha value is -2.13. The quantitative estimate of drug-likeness (QED) is 0.611. The predicted octanol–water partition coefficient (Wildman–Crippen LogP) is 2.63. The molecular weight excluding hydrogens is 258 g/mol. The lowest BCUT2D eigenvalue weighted by atomic mass is 9.92. The maximum Gasteiger partial charge on any atom is 0.270 e. The highest BCUT2D eigenvalue weighted by Gasteiger charge is 2.17. The third-order valence-corrected chi connectivity index (χ3v) is 2.91. The Bertz CT molecular complexity index is 521. The van der Waals surface area contributed by atoms with E-state index < -0.39 is 10.3 Å². The van der Waals surface area contributed by atoms with Gasteiger partial charge in [0.2, 0.25) is 0 Å². The second-order valence-electron chi connectivity index (χ2n) is 5.17. The number of non-ortho nitro benzene ring substituents is 1. The SMILES string of the molecule is CNCc1cc([N+](=O)[O-])ccc1OCCC(C)(C)C#N. The number of ether oxygens (including phenoxy) is 1. The van der Waals surface area contributed by atoms with Crippen molar-refractivity contribution in [3.8, 4) is 11.8 Å². The lowest BCUT2D eigenvalue weighted by Crippen LogP contribution is -2.14. The van der Waals surface area contributed by atoms with Crippen molar-refractivity contribution in [2.75, 3.05) is 13.7 Å². The topological polar surface area (TPSA) is 88.2 Å². The first kappa shape index (κ1) is 15.9. The molecule has 0 saturated carbocycles.